The Morgan fingerprint density at radius 2 is 1.85 bits per heavy atom. The van der Waals surface area contributed by atoms with Gasteiger partial charge in [-0.3, -0.25) is 0 Å². The SMILES string of the molecule is Nc1ncc(C2CCC(OC(=O)c3ccccc3)C(F)(F)C2)nc1-c1ccc(C(=O)O)c(F)c1. The topological polar surface area (TPSA) is 115 Å². The maximum absolute atomic E-state index is 14.9. The van der Waals surface area contributed by atoms with Gasteiger partial charge in [-0.25, -0.2) is 32.7 Å². The number of nitrogens with zero attached hydrogens (tertiary/aromatic N) is 2. The summed E-state index contributed by atoms with van der Waals surface area (Å²) in [4.78, 5) is 31.6. The predicted octanol–water partition coefficient (Wildman–Crippen LogP) is 4.69. The molecule has 3 aromatic rings. The fraction of sp³-hybridized carbons (Fsp3) is 0.250. The summed E-state index contributed by atoms with van der Waals surface area (Å²) in [7, 11) is 0. The van der Waals surface area contributed by atoms with Crippen molar-refractivity contribution in [1.82, 2.24) is 9.97 Å². The number of aromatic nitrogens is 2. The van der Waals surface area contributed by atoms with Crippen LogP contribution in [0.1, 0.15) is 51.6 Å². The van der Waals surface area contributed by atoms with E-state index in [1.807, 2.05) is 0 Å². The minimum atomic E-state index is -3.30. The lowest BCUT2D eigenvalue weighted by Gasteiger charge is -2.35. The second-order valence-electron chi connectivity index (χ2n) is 8.03. The molecule has 0 radical (unpaired) electrons. The van der Waals surface area contributed by atoms with Crippen molar-refractivity contribution in [2.75, 3.05) is 5.73 Å². The zero-order valence-electron chi connectivity index (χ0n) is 17.7. The number of hydrogen-bond donors (Lipinski definition) is 2. The highest BCUT2D eigenvalue weighted by Gasteiger charge is 2.48. The van der Waals surface area contributed by atoms with Gasteiger partial charge in [-0.15, -0.1) is 0 Å². The largest absolute Gasteiger partial charge is 0.478 e. The second-order valence-corrected chi connectivity index (χ2v) is 8.03. The number of hydrogen-bond acceptors (Lipinski definition) is 6. The van der Waals surface area contributed by atoms with Gasteiger partial charge in [-0.05, 0) is 37.1 Å². The van der Waals surface area contributed by atoms with Gasteiger partial charge in [-0.1, -0.05) is 24.3 Å². The molecule has 0 saturated heterocycles. The molecule has 7 nitrogen and oxygen atoms in total. The number of carbonyl (C=O) groups excluding carboxylic acids is 1. The number of nitrogen functional groups attached to an aromatic ring is 1. The molecule has 1 fully saturated rings. The van der Waals surface area contributed by atoms with Crippen molar-refractivity contribution < 1.29 is 32.6 Å². The van der Waals surface area contributed by atoms with E-state index in [4.69, 9.17) is 15.6 Å². The Hall–Kier alpha value is -3.95. The average molecular weight is 471 g/mol. The molecular formula is C24H20F3N3O4. The summed E-state index contributed by atoms with van der Waals surface area (Å²) in [5.41, 5.74) is 6.01. The molecular weight excluding hydrogens is 451 g/mol. The van der Waals surface area contributed by atoms with Gasteiger partial charge in [0.05, 0.1) is 23.0 Å². The minimum absolute atomic E-state index is 0.0523. The predicted molar refractivity (Wildman–Crippen MR) is 116 cm³/mol. The molecule has 2 atom stereocenters. The molecule has 1 aromatic heterocycles. The highest BCUT2D eigenvalue weighted by molar-refractivity contribution is 5.89. The van der Waals surface area contributed by atoms with Crippen LogP contribution in [0.15, 0.2) is 54.7 Å². The van der Waals surface area contributed by atoms with Crippen molar-refractivity contribution in [1.29, 1.82) is 0 Å². The Morgan fingerprint density at radius 1 is 1.12 bits per heavy atom. The third kappa shape index (κ3) is 4.70. The molecule has 4 rings (SSSR count). The lowest BCUT2D eigenvalue weighted by Crippen LogP contribution is -2.42. The zero-order valence-corrected chi connectivity index (χ0v) is 17.7. The van der Waals surface area contributed by atoms with Crippen LogP contribution in [-0.4, -0.2) is 39.0 Å². The van der Waals surface area contributed by atoms with Gasteiger partial charge in [0.2, 0.25) is 0 Å². The first-order valence-corrected chi connectivity index (χ1v) is 10.4. The molecule has 3 N–H and O–H groups in total. The Balaban J connectivity index is 1.53. The van der Waals surface area contributed by atoms with Crippen LogP contribution in [0.3, 0.4) is 0 Å². The number of rotatable bonds is 5. The molecule has 1 heterocycles. The molecule has 1 aliphatic rings. The number of carboxylic acids is 1. The Bertz CT molecular complexity index is 1240. The summed E-state index contributed by atoms with van der Waals surface area (Å²) in [5.74, 6) is -7.27. The average Bonchev–Trinajstić information content (AvgIpc) is 2.80. The molecule has 176 valence electrons. The van der Waals surface area contributed by atoms with Crippen molar-refractivity contribution in [2.45, 2.75) is 37.2 Å². The van der Waals surface area contributed by atoms with E-state index in [-0.39, 0.29) is 41.2 Å². The molecule has 0 bridgehead atoms. The van der Waals surface area contributed by atoms with E-state index in [1.165, 1.54) is 24.4 Å². The quantitative estimate of drug-likeness (QED) is 0.519. The molecule has 2 aromatic carbocycles. The fourth-order valence-corrected chi connectivity index (χ4v) is 3.95. The number of nitrogens with two attached hydrogens (primary N) is 1. The number of ether oxygens (including phenoxy) is 1. The molecule has 1 aliphatic carbocycles. The third-order valence-corrected chi connectivity index (χ3v) is 5.74. The first-order valence-electron chi connectivity index (χ1n) is 10.4. The zero-order chi connectivity index (χ0) is 24.5. The molecule has 2 unspecified atom stereocenters. The standard InChI is InChI=1S/C24H20F3N3O4/c25-17-10-14(6-8-16(17)22(31)32)20-21(28)29-12-18(30-20)15-7-9-19(24(26,27)11-15)34-23(33)13-4-2-1-3-5-13/h1-6,8,10,12,15,19H,7,9,11H2,(H2,28,29)(H,31,32). The van der Waals surface area contributed by atoms with Crippen LogP contribution in [0.4, 0.5) is 19.0 Å². The van der Waals surface area contributed by atoms with E-state index in [1.54, 1.807) is 18.2 Å². The first-order chi connectivity index (χ1) is 16.2. The van der Waals surface area contributed by atoms with Gasteiger partial charge >= 0.3 is 11.9 Å². The summed E-state index contributed by atoms with van der Waals surface area (Å²) in [5, 5.41) is 8.99. The maximum atomic E-state index is 14.9. The summed E-state index contributed by atoms with van der Waals surface area (Å²) in [6, 6.07) is 11.3. The van der Waals surface area contributed by atoms with E-state index in [2.05, 4.69) is 9.97 Å². The minimum Gasteiger partial charge on any atom is -0.478 e. The number of halogens is 3. The van der Waals surface area contributed by atoms with E-state index in [9.17, 15) is 22.8 Å². The smallest absolute Gasteiger partial charge is 0.338 e. The Labute approximate surface area is 192 Å². The molecule has 0 amide bonds. The van der Waals surface area contributed by atoms with Gasteiger partial charge in [0, 0.05) is 17.9 Å². The maximum Gasteiger partial charge on any atom is 0.338 e. The van der Waals surface area contributed by atoms with Gasteiger partial charge in [-0.2, -0.15) is 0 Å². The van der Waals surface area contributed by atoms with Crippen LogP contribution in [0.25, 0.3) is 11.3 Å². The molecule has 0 aliphatic heterocycles. The molecule has 34 heavy (non-hydrogen) atoms. The number of carbonyl (C=O) groups is 2. The molecule has 0 spiro atoms. The molecule has 10 heteroatoms. The van der Waals surface area contributed by atoms with Crippen molar-refractivity contribution >= 4 is 17.8 Å². The van der Waals surface area contributed by atoms with Crippen molar-refractivity contribution in [3.8, 4) is 11.3 Å². The number of carboxylic acid groups (broad SMARTS) is 1. The highest BCUT2D eigenvalue weighted by Crippen LogP contribution is 2.43. The van der Waals surface area contributed by atoms with E-state index in [0.717, 1.165) is 12.1 Å². The van der Waals surface area contributed by atoms with Crippen LogP contribution < -0.4 is 5.73 Å². The van der Waals surface area contributed by atoms with Crippen molar-refractivity contribution in [3.63, 3.8) is 0 Å². The first kappa shape index (κ1) is 23.2. The number of benzene rings is 2. The highest BCUT2D eigenvalue weighted by atomic mass is 19.3. The fourth-order valence-electron chi connectivity index (χ4n) is 3.95. The third-order valence-electron chi connectivity index (χ3n) is 5.74. The normalized spacial score (nSPS) is 19.4. The van der Waals surface area contributed by atoms with E-state index < -0.39 is 47.7 Å². The van der Waals surface area contributed by atoms with Crippen LogP contribution >= 0.6 is 0 Å². The monoisotopic (exact) mass is 471 g/mol. The van der Waals surface area contributed by atoms with Crippen molar-refractivity contribution in [3.05, 3.63) is 77.4 Å². The lowest BCUT2D eigenvalue weighted by atomic mass is 9.82. The summed E-state index contributed by atoms with van der Waals surface area (Å²) >= 11 is 0. The molecule has 1 saturated carbocycles. The lowest BCUT2D eigenvalue weighted by molar-refractivity contribution is -0.140. The van der Waals surface area contributed by atoms with Gasteiger partial charge in [0.1, 0.15) is 17.3 Å². The van der Waals surface area contributed by atoms with Crippen LogP contribution in [0, 0.1) is 5.82 Å². The van der Waals surface area contributed by atoms with E-state index >= 15 is 0 Å². The Morgan fingerprint density at radius 3 is 2.50 bits per heavy atom. The van der Waals surface area contributed by atoms with Crippen LogP contribution in [0.5, 0.6) is 0 Å². The van der Waals surface area contributed by atoms with Gasteiger partial charge in [0.25, 0.3) is 5.92 Å². The second kappa shape index (κ2) is 9.12. The number of alkyl halides is 2. The number of anilines is 1. The number of aromatic carboxylic acids is 1. The van der Waals surface area contributed by atoms with Crippen LogP contribution in [-0.2, 0) is 4.74 Å². The summed E-state index contributed by atoms with van der Waals surface area (Å²) < 4.78 is 49.0. The summed E-state index contributed by atoms with van der Waals surface area (Å²) in [6.07, 6.45) is -0.732. The van der Waals surface area contributed by atoms with E-state index in [0.29, 0.717) is 0 Å². The Kier molecular flexibility index (Phi) is 6.23. The van der Waals surface area contributed by atoms with Gasteiger partial charge in [0.15, 0.2) is 6.10 Å². The number of esters is 1. The van der Waals surface area contributed by atoms with Crippen molar-refractivity contribution in [2.24, 2.45) is 0 Å². The van der Waals surface area contributed by atoms with Gasteiger partial charge < -0.3 is 15.6 Å². The summed E-state index contributed by atoms with van der Waals surface area (Å²) in [6.45, 7) is 0. The van der Waals surface area contributed by atoms with Crippen LogP contribution in [0.2, 0.25) is 0 Å².